The van der Waals surface area contributed by atoms with Crippen molar-refractivity contribution in [3.8, 4) is 0 Å². The first-order valence-corrected chi connectivity index (χ1v) is 7.23. The van der Waals surface area contributed by atoms with Crippen molar-refractivity contribution in [1.29, 1.82) is 0 Å². The fraction of sp³-hybridized carbons (Fsp3) is 0.500. The van der Waals surface area contributed by atoms with Gasteiger partial charge in [-0.25, -0.2) is 17.5 Å². The molecule has 1 aromatic rings. The van der Waals surface area contributed by atoms with Crippen molar-refractivity contribution in [2.45, 2.75) is 37.1 Å². The second-order valence-corrected chi connectivity index (χ2v) is 6.41. The van der Waals surface area contributed by atoms with Gasteiger partial charge in [0.05, 0.1) is 4.90 Å². The third-order valence-corrected chi connectivity index (χ3v) is 4.64. The Kier molecular flexibility index (Phi) is 3.49. The molecule has 2 rings (SSSR count). The van der Waals surface area contributed by atoms with E-state index in [0.717, 1.165) is 25.3 Å². The molecule has 1 fully saturated rings. The zero-order valence-electron chi connectivity index (χ0n) is 9.69. The van der Waals surface area contributed by atoms with E-state index in [0.29, 0.717) is 5.92 Å². The number of rotatable bonds is 3. The summed E-state index contributed by atoms with van der Waals surface area (Å²) < 4.78 is 39.6. The number of hydrogen-bond acceptors (Lipinski definition) is 2. The van der Waals surface area contributed by atoms with Gasteiger partial charge in [-0.3, -0.25) is 0 Å². The molecular formula is C12H16FNO2S. The number of hydrogen-bond donors (Lipinski definition) is 1. The summed E-state index contributed by atoms with van der Waals surface area (Å²) in [5.41, 5.74) is 0. The number of sulfonamides is 1. The van der Waals surface area contributed by atoms with Crippen molar-refractivity contribution in [3.05, 3.63) is 30.1 Å². The maximum atomic E-state index is 13.0. The lowest BCUT2D eigenvalue weighted by molar-refractivity contribution is 0.537. The monoisotopic (exact) mass is 257 g/mol. The predicted molar refractivity (Wildman–Crippen MR) is 63.5 cm³/mol. The lowest BCUT2D eigenvalue weighted by Crippen LogP contribution is -2.32. The first-order valence-electron chi connectivity index (χ1n) is 5.75. The van der Waals surface area contributed by atoms with E-state index in [1.807, 2.05) is 0 Å². The SMILES string of the molecule is CC1CCC(NS(=O)(=O)c2cccc(F)c2)C1. The first kappa shape index (κ1) is 12.5. The summed E-state index contributed by atoms with van der Waals surface area (Å²) in [6, 6.07) is 5.07. The standard InChI is InChI=1S/C12H16FNO2S/c1-9-5-6-11(7-9)14-17(15,16)12-4-2-3-10(13)8-12/h2-4,8-9,11,14H,5-7H2,1H3. The summed E-state index contributed by atoms with van der Waals surface area (Å²) in [5, 5.41) is 0. The van der Waals surface area contributed by atoms with E-state index in [4.69, 9.17) is 0 Å². The quantitative estimate of drug-likeness (QED) is 0.903. The van der Waals surface area contributed by atoms with Crippen molar-refractivity contribution in [2.75, 3.05) is 0 Å². The lowest BCUT2D eigenvalue weighted by atomic mass is 10.1. The minimum atomic E-state index is -3.58. The summed E-state index contributed by atoms with van der Waals surface area (Å²) in [6.45, 7) is 2.11. The molecule has 0 saturated heterocycles. The van der Waals surface area contributed by atoms with Crippen LogP contribution in [0.1, 0.15) is 26.2 Å². The molecule has 2 atom stereocenters. The predicted octanol–water partition coefficient (Wildman–Crippen LogP) is 2.29. The van der Waals surface area contributed by atoms with Gasteiger partial charge in [0.2, 0.25) is 10.0 Å². The third-order valence-electron chi connectivity index (χ3n) is 3.12. The second kappa shape index (κ2) is 4.74. The van der Waals surface area contributed by atoms with Gasteiger partial charge in [-0.1, -0.05) is 13.0 Å². The van der Waals surface area contributed by atoms with Crippen LogP contribution in [0.25, 0.3) is 0 Å². The van der Waals surface area contributed by atoms with E-state index in [1.165, 1.54) is 18.2 Å². The Morgan fingerprint density at radius 1 is 1.35 bits per heavy atom. The van der Waals surface area contributed by atoms with Gasteiger partial charge in [0.15, 0.2) is 0 Å². The van der Waals surface area contributed by atoms with Crippen molar-refractivity contribution in [3.63, 3.8) is 0 Å². The van der Waals surface area contributed by atoms with Gasteiger partial charge in [-0.15, -0.1) is 0 Å². The van der Waals surface area contributed by atoms with Crippen LogP contribution < -0.4 is 4.72 Å². The van der Waals surface area contributed by atoms with E-state index in [1.54, 1.807) is 0 Å². The zero-order valence-corrected chi connectivity index (χ0v) is 10.5. The van der Waals surface area contributed by atoms with Crippen LogP contribution in [0.15, 0.2) is 29.2 Å². The van der Waals surface area contributed by atoms with E-state index >= 15 is 0 Å². The first-order chi connectivity index (χ1) is 7.97. The number of halogens is 1. The van der Waals surface area contributed by atoms with Crippen LogP contribution in [-0.2, 0) is 10.0 Å². The van der Waals surface area contributed by atoms with Crippen LogP contribution in [0.2, 0.25) is 0 Å². The molecule has 1 N–H and O–H groups in total. The Morgan fingerprint density at radius 3 is 2.71 bits per heavy atom. The summed E-state index contributed by atoms with van der Waals surface area (Å²) in [5.74, 6) is 0.0166. The van der Waals surface area contributed by atoms with Crippen LogP contribution in [0.4, 0.5) is 4.39 Å². The Balaban J connectivity index is 2.14. The average molecular weight is 257 g/mol. The van der Waals surface area contributed by atoms with Gasteiger partial charge >= 0.3 is 0 Å². The van der Waals surface area contributed by atoms with Gasteiger partial charge in [-0.2, -0.15) is 0 Å². The molecule has 0 radical (unpaired) electrons. The van der Waals surface area contributed by atoms with Crippen molar-refractivity contribution < 1.29 is 12.8 Å². The smallest absolute Gasteiger partial charge is 0.208 e. The molecule has 0 aliphatic heterocycles. The van der Waals surface area contributed by atoms with Crippen LogP contribution in [0.5, 0.6) is 0 Å². The maximum Gasteiger partial charge on any atom is 0.240 e. The minimum absolute atomic E-state index is 0.00273. The Hall–Kier alpha value is -0.940. The maximum absolute atomic E-state index is 13.0. The van der Waals surface area contributed by atoms with Crippen molar-refractivity contribution >= 4 is 10.0 Å². The summed E-state index contributed by atoms with van der Waals surface area (Å²) in [4.78, 5) is -0.00273. The largest absolute Gasteiger partial charge is 0.240 e. The lowest BCUT2D eigenvalue weighted by Gasteiger charge is -2.12. The van der Waals surface area contributed by atoms with Crippen LogP contribution in [-0.4, -0.2) is 14.5 Å². The summed E-state index contributed by atoms with van der Waals surface area (Å²) in [6.07, 6.45) is 2.75. The molecule has 3 nitrogen and oxygen atoms in total. The highest BCUT2D eigenvalue weighted by molar-refractivity contribution is 7.89. The van der Waals surface area contributed by atoms with E-state index in [2.05, 4.69) is 11.6 Å². The summed E-state index contributed by atoms with van der Waals surface area (Å²) >= 11 is 0. The second-order valence-electron chi connectivity index (χ2n) is 4.69. The number of nitrogens with one attached hydrogen (secondary N) is 1. The normalized spacial score (nSPS) is 25.1. The highest BCUT2D eigenvalue weighted by Crippen LogP contribution is 2.26. The van der Waals surface area contributed by atoms with Crippen molar-refractivity contribution in [2.24, 2.45) is 5.92 Å². The zero-order chi connectivity index (χ0) is 12.5. The molecule has 0 spiro atoms. The topological polar surface area (TPSA) is 46.2 Å². The molecule has 5 heteroatoms. The molecule has 17 heavy (non-hydrogen) atoms. The highest BCUT2D eigenvalue weighted by Gasteiger charge is 2.26. The molecule has 0 amide bonds. The Morgan fingerprint density at radius 2 is 2.12 bits per heavy atom. The molecule has 2 unspecified atom stereocenters. The Bertz CT molecular complexity index is 501. The number of benzene rings is 1. The fourth-order valence-corrected chi connectivity index (χ4v) is 3.55. The van der Waals surface area contributed by atoms with Crippen LogP contribution >= 0.6 is 0 Å². The van der Waals surface area contributed by atoms with Gasteiger partial charge < -0.3 is 0 Å². The third kappa shape index (κ3) is 3.04. The van der Waals surface area contributed by atoms with E-state index in [9.17, 15) is 12.8 Å². The fourth-order valence-electron chi connectivity index (χ4n) is 2.24. The average Bonchev–Trinajstić information content (AvgIpc) is 2.63. The molecular weight excluding hydrogens is 241 g/mol. The van der Waals surface area contributed by atoms with Crippen molar-refractivity contribution in [1.82, 2.24) is 4.72 Å². The molecule has 1 aromatic carbocycles. The molecule has 94 valence electrons. The minimum Gasteiger partial charge on any atom is -0.208 e. The molecule has 0 heterocycles. The van der Waals surface area contributed by atoms with Gasteiger partial charge in [-0.05, 0) is 43.4 Å². The van der Waals surface area contributed by atoms with Crippen LogP contribution in [0.3, 0.4) is 0 Å². The summed E-state index contributed by atoms with van der Waals surface area (Å²) in [7, 11) is -3.58. The van der Waals surface area contributed by atoms with Gasteiger partial charge in [0, 0.05) is 6.04 Å². The molecule has 1 saturated carbocycles. The van der Waals surface area contributed by atoms with E-state index < -0.39 is 15.8 Å². The molecule has 0 bridgehead atoms. The van der Waals surface area contributed by atoms with E-state index in [-0.39, 0.29) is 10.9 Å². The molecule has 1 aliphatic rings. The van der Waals surface area contributed by atoms with Crippen LogP contribution in [0, 0.1) is 11.7 Å². The highest BCUT2D eigenvalue weighted by atomic mass is 32.2. The molecule has 1 aliphatic carbocycles. The van der Waals surface area contributed by atoms with Gasteiger partial charge in [0.25, 0.3) is 0 Å². The Labute approximate surface area is 101 Å². The molecule has 0 aromatic heterocycles. The van der Waals surface area contributed by atoms with Gasteiger partial charge in [0.1, 0.15) is 5.82 Å².